The van der Waals surface area contributed by atoms with Gasteiger partial charge in [-0.1, -0.05) is 60.7 Å². The molecular formula is C22H28ClNO2. The Balaban J connectivity index is 0.00000243. The van der Waals surface area contributed by atoms with Gasteiger partial charge >= 0.3 is 0 Å². The molecule has 4 heteroatoms. The first-order valence-electron chi connectivity index (χ1n) is 9.17. The molecule has 2 aromatic carbocycles. The van der Waals surface area contributed by atoms with E-state index in [1.165, 1.54) is 12.0 Å². The SMILES string of the molecule is C(=C\c1ccccc1OCCCCN1CCOCC1)/c1ccccc1.Cl. The van der Waals surface area contributed by atoms with E-state index in [0.717, 1.165) is 57.2 Å². The van der Waals surface area contributed by atoms with Crippen LogP contribution in [0.3, 0.4) is 0 Å². The molecule has 1 aliphatic rings. The van der Waals surface area contributed by atoms with Crippen molar-refractivity contribution in [1.29, 1.82) is 0 Å². The summed E-state index contributed by atoms with van der Waals surface area (Å²) in [6.07, 6.45) is 6.50. The van der Waals surface area contributed by atoms with Gasteiger partial charge in [0.15, 0.2) is 0 Å². The molecule has 0 spiro atoms. The fourth-order valence-electron chi connectivity index (χ4n) is 2.94. The van der Waals surface area contributed by atoms with Crippen LogP contribution in [-0.2, 0) is 4.74 Å². The molecule has 2 aromatic rings. The fraction of sp³-hybridized carbons (Fsp3) is 0.364. The van der Waals surface area contributed by atoms with E-state index in [9.17, 15) is 0 Å². The molecule has 0 atom stereocenters. The van der Waals surface area contributed by atoms with Crippen LogP contribution in [0.15, 0.2) is 54.6 Å². The molecule has 0 aromatic heterocycles. The summed E-state index contributed by atoms with van der Waals surface area (Å²) in [7, 11) is 0. The van der Waals surface area contributed by atoms with E-state index in [0.29, 0.717) is 0 Å². The third-order valence-electron chi connectivity index (χ3n) is 4.40. The Labute approximate surface area is 163 Å². The first kappa shape index (κ1) is 20.5. The normalized spacial score (nSPS) is 14.9. The molecule has 0 amide bonds. The lowest BCUT2D eigenvalue weighted by molar-refractivity contribution is 0.0368. The van der Waals surface area contributed by atoms with Gasteiger partial charge in [0.05, 0.1) is 19.8 Å². The van der Waals surface area contributed by atoms with Crippen LogP contribution in [0.2, 0.25) is 0 Å². The molecule has 0 N–H and O–H groups in total. The largest absolute Gasteiger partial charge is 0.493 e. The summed E-state index contributed by atoms with van der Waals surface area (Å²) >= 11 is 0. The van der Waals surface area contributed by atoms with E-state index in [1.807, 2.05) is 18.2 Å². The Hall–Kier alpha value is -1.81. The average Bonchev–Trinajstić information content (AvgIpc) is 2.68. The summed E-state index contributed by atoms with van der Waals surface area (Å²) < 4.78 is 11.4. The standard InChI is InChI=1S/C22H27NO2.ClH/c1-2-8-20(9-3-1)12-13-21-10-4-5-11-22(21)25-17-7-6-14-23-15-18-24-19-16-23;/h1-5,8-13H,6-7,14-19H2;1H/b13-12+;. The maximum atomic E-state index is 6.02. The molecule has 1 aliphatic heterocycles. The van der Waals surface area contributed by atoms with Gasteiger partial charge in [-0.2, -0.15) is 0 Å². The molecule has 1 heterocycles. The Morgan fingerprint density at radius 1 is 0.885 bits per heavy atom. The Kier molecular flexibility index (Phi) is 9.26. The highest BCUT2D eigenvalue weighted by Crippen LogP contribution is 2.21. The highest BCUT2D eigenvalue weighted by Gasteiger charge is 2.09. The van der Waals surface area contributed by atoms with Crippen molar-refractivity contribution in [1.82, 2.24) is 4.90 Å². The molecule has 1 saturated heterocycles. The quantitative estimate of drug-likeness (QED) is 0.491. The number of morpholine rings is 1. The molecule has 140 valence electrons. The second-order valence-electron chi connectivity index (χ2n) is 6.29. The van der Waals surface area contributed by atoms with E-state index < -0.39 is 0 Å². The van der Waals surface area contributed by atoms with Gasteiger partial charge in [-0.3, -0.25) is 4.90 Å². The highest BCUT2D eigenvalue weighted by atomic mass is 35.5. The number of hydrogen-bond donors (Lipinski definition) is 0. The molecular weight excluding hydrogens is 346 g/mol. The molecule has 3 nitrogen and oxygen atoms in total. The Morgan fingerprint density at radius 3 is 2.42 bits per heavy atom. The number of unbranched alkanes of at least 4 members (excludes halogenated alkanes) is 1. The number of nitrogens with zero attached hydrogens (tertiary/aromatic N) is 1. The summed E-state index contributed by atoms with van der Waals surface area (Å²) in [5, 5.41) is 0. The Bertz CT molecular complexity index is 654. The summed E-state index contributed by atoms with van der Waals surface area (Å²) in [4.78, 5) is 2.47. The van der Waals surface area contributed by atoms with Crippen molar-refractivity contribution in [2.24, 2.45) is 0 Å². The van der Waals surface area contributed by atoms with Crippen LogP contribution in [-0.4, -0.2) is 44.4 Å². The minimum Gasteiger partial charge on any atom is -0.493 e. The monoisotopic (exact) mass is 373 g/mol. The van der Waals surface area contributed by atoms with Gasteiger partial charge in [0.25, 0.3) is 0 Å². The number of ether oxygens (including phenoxy) is 2. The van der Waals surface area contributed by atoms with E-state index >= 15 is 0 Å². The van der Waals surface area contributed by atoms with Crippen molar-refractivity contribution in [3.05, 3.63) is 65.7 Å². The molecule has 0 bridgehead atoms. The minimum atomic E-state index is 0. The number of hydrogen-bond acceptors (Lipinski definition) is 3. The predicted molar refractivity (Wildman–Crippen MR) is 111 cm³/mol. The second kappa shape index (κ2) is 11.7. The molecule has 0 aliphatic carbocycles. The predicted octanol–water partition coefficient (Wildman–Crippen LogP) is 4.77. The van der Waals surface area contributed by atoms with Crippen LogP contribution in [0.25, 0.3) is 12.2 Å². The Morgan fingerprint density at radius 2 is 1.62 bits per heavy atom. The lowest BCUT2D eigenvalue weighted by Gasteiger charge is -2.26. The molecule has 26 heavy (non-hydrogen) atoms. The fourth-order valence-corrected chi connectivity index (χ4v) is 2.94. The summed E-state index contributed by atoms with van der Waals surface area (Å²) in [6, 6.07) is 18.6. The highest BCUT2D eigenvalue weighted by molar-refractivity contribution is 5.85. The zero-order valence-corrected chi connectivity index (χ0v) is 16.0. The van der Waals surface area contributed by atoms with E-state index in [2.05, 4.69) is 53.5 Å². The van der Waals surface area contributed by atoms with Gasteiger partial charge < -0.3 is 9.47 Å². The van der Waals surface area contributed by atoms with Crippen LogP contribution in [0.4, 0.5) is 0 Å². The van der Waals surface area contributed by atoms with Crippen molar-refractivity contribution in [2.75, 3.05) is 39.5 Å². The van der Waals surface area contributed by atoms with Gasteiger partial charge in [-0.15, -0.1) is 12.4 Å². The van der Waals surface area contributed by atoms with Crippen LogP contribution in [0.1, 0.15) is 24.0 Å². The first-order valence-corrected chi connectivity index (χ1v) is 9.17. The van der Waals surface area contributed by atoms with E-state index in [4.69, 9.17) is 9.47 Å². The van der Waals surface area contributed by atoms with Crippen molar-refractivity contribution >= 4 is 24.6 Å². The average molecular weight is 374 g/mol. The van der Waals surface area contributed by atoms with Gasteiger partial charge in [0, 0.05) is 18.7 Å². The number of rotatable bonds is 8. The van der Waals surface area contributed by atoms with Crippen LogP contribution >= 0.6 is 12.4 Å². The first-order chi connectivity index (χ1) is 12.4. The smallest absolute Gasteiger partial charge is 0.126 e. The van der Waals surface area contributed by atoms with Crippen molar-refractivity contribution in [3.8, 4) is 5.75 Å². The molecule has 0 unspecified atom stereocenters. The van der Waals surface area contributed by atoms with Gasteiger partial charge in [-0.05, 0) is 31.0 Å². The molecule has 1 fully saturated rings. The summed E-state index contributed by atoms with van der Waals surface area (Å²) in [5.74, 6) is 0.959. The molecule has 0 saturated carbocycles. The third kappa shape index (κ3) is 6.83. The van der Waals surface area contributed by atoms with Crippen LogP contribution in [0, 0.1) is 0 Å². The zero-order valence-electron chi connectivity index (χ0n) is 15.2. The van der Waals surface area contributed by atoms with Crippen LogP contribution in [0.5, 0.6) is 5.75 Å². The molecule has 3 rings (SSSR count). The number of para-hydroxylation sites is 1. The van der Waals surface area contributed by atoms with Crippen molar-refractivity contribution in [2.45, 2.75) is 12.8 Å². The van der Waals surface area contributed by atoms with Gasteiger partial charge in [0.2, 0.25) is 0 Å². The number of halogens is 1. The van der Waals surface area contributed by atoms with E-state index in [-0.39, 0.29) is 12.4 Å². The zero-order chi connectivity index (χ0) is 17.2. The lowest BCUT2D eigenvalue weighted by Crippen LogP contribution is -2.36. The van der Waals surface area contributed by atoms with E-state index in [1.54, 1.807) is 0 Å². The van der Waals surface area contributed by atoms with Gasteiger partial charge in [0.1, 0.15) is 5.75 Å². The van der Waals surface area contributed by atoms with Crippen molar-refractivity contribution < 1.29 is 9.47 Å². The maximum absolute atomic E-state index is 6.02. The minimum absolute atomic E-state index is 0. The van der Waals surface area contributed by atoms with Crippen molar-refractivity contribution in [3.63, 3.8) is 0 Å². The maximum Gasteiger partial charge on any atom is 0.126 e. The lowest BCUT2D eigenvalue weighted by atomic mass is 10.1. The topological polar surface area (TPSA) is 21.7 Å². The third-order valence-corrected chi connectivity index (χ3v) is 4.40. The second-order valence-corrected chi connectivity index (χ2v) is 6.29. The number of benzene rings is 2. The van der Waals surface area contributed by atoms with Crippen LogP contribution < -0.4 is 4.74 Å². The molecule has 0 radical (unpaired) electrons. The van der Waals surface area contributed by atoms with Gasteiger partial charge in [-0.25, -0.2) is 0 Å². The summed E-state index contributed by atoms with van der Waals surface area (Å²) in [5.41, 5.74) is 2.32. The summed E-state index contributed by atoms with van der Waals surface area (Å²) in [6.45, 7) is 5.78.